The molecule has 0 spiro atoms. The van der Waals surface area contributed by atoms with Gasteiger partial charge in [-0.25, -0.2) is 0 Å². The number of carbonyl (C=O) groups is 1. The first-order valence-corrected chi connectivity index (χ1v) is 7.31. The summed E-state index contributed by atoms with van der Waals surface area (Å²) in [6, 6.07) is 4.98. The van der Waals surface area contributed by atoms with Gasteiger partial charge in [0.25, 0.3) is 0 Å². The van der Waals surface area contributed by atoms with Crippen LogP contribution in [0.15, 0.2) is 30.4 Å². The topological polar surface area (TPSA) is 47.6 Å². The van der Waals surface area contributed by atoms with Gasteiger partial charge in [0, 0.05) is 12.6 Å². The fourth-order valence-electron chi connectivity index (χ4n) is 1.43. The van der Waals surface area contributed by atoms with E-state index in [2.05, 4.69) is 11.9 Å². The molecule has 0 fully saturated rings. The Labute approximate surface area is 135 Å². The zero-order valence-corrected chi connectivity index (χ0v) is 13.5. The van der Waals surface area contributed by atoms with Crippen molar-refractivity contribution in [3.8, 4) is 5.75 Å². The van der Waals surface area contributed by atoms with Crippen LogP contribution >= 0.6 is 23.2 Å². The molecule has 0 aromatic heterocycles. The first kappa shape index (κ1) is 17.8. The highest BCUT2D eigenvalue weighted by atomic mass is 35.5. The monoisotopic (exact) mass is 331 g/mol. The van der Waals surface area contributed by atoms with E-state index in [4.69, 9.17) is 32.7 Å². The molecule has 0 aliphatic carbocycles. The molecule has 0 saturated carbocycles. The summed E-state index contributed by atoms with van der Waals surface area (Å²) in [5, 5.41) is 3.64. The quantitative estimate of drug-likeness (QED) is 0.556. The minimum absolute atomic E-state index is 0.0889. The summed E-state index contributed by atoms with van der Waals surface area (Å²) in [5.41, 5.74) is 0.955. The Morgan fingerprint density at radius 3 is 2.71 bits per heavy atom. The molecule has 116 valence electrons. The molecule has 1 rings (SSSR count). The summed E-state index contributed by atoms with van der Waals surface area (Å²) < 4.78 is 10.7. The molecule has 4 nitrogen and oxygen atoms in total. The normalized spacial score (nSPS) is 10.2. The minimum Gasteiger partial charge on any atom is -0.493 e. The summed E-state index contributed by atoms with van der Waals surface area (Å²) in [7, 11) is 0. The summed E-state index contributed by atoms with van der Waals surface area (Å²) in [5.74, 6) is 0.496. The third-order valence-electron chi connectivity index (χ3n) is 2.41. The van der Waals surface area contributed by atoms with Crippen LogP contribution in [0.1, 0.15) is 13.3 Å². The first-order chi connectivity index (χ1) is 9.99. The highest BCUT2D eigenvalue weighted by molar-refractivity contribution is 6.42. The van der Waals surface area contributed by atoms with Gasteiger partial charge in [-0.3, -0.25) is 4.79 Å². The second kappa shape index (κ2) is 9.66. The zero-order chi connectivity index (χ0) is 15.7. The van der Waals surface area contributed by atoms with Gasteiger partial charge < -0.3 is 14.8 Å². The van der Waals surface area contributed by atoms with Crippen molar-refractivity contribution in [1.82, 2.24) is 5.32 Å². The molecule has 6 heteroatoms. The van der Waals surface area contributed by atoms with Crippen LogP contribution in [-0.2, 0) is 9.53 Å². The molecule has 1 aromatic carbocycles. The number of nitrogens with one attached hydrogen (secondary N) is 1. The van der Waals surface area contributed by atoms with Crippen LogP contribution < -0.4 is 10.1 Å². The molecule has 21 heavy (non-hydrogen) atoms. The lowest BCUT2D eigenvalue weighted by atomic mass is 10.3. The predicted molar refractivity (Wildman–Crippen MR) is 85.2 cm³/mol. The van der Waals surface area contributed by atoms with Crippen molar-refractivity contribution in [2.24, 2.45) is 0 Å². The van der Waals surface area contributed by atoms with Gasteiger partial charge >= 0.3 is 0 Å². The van der Waals surface area contributed by atoms with Gasteiger partial charge in [0.1, 0.15) is 5.75 Å². The maximum absolute atomic E-state index is 11.5. The van der Waals surface area contributed by atoms with Crippen molar-refractivity contribution >= 4 is 29.1 Å². The maximum atomic E-state index is 11.5. The molecular formula is C15H19Cl2NO3. The third kappa shape index (κ3) is 7.95. The highest BCUT2D eigenvalue weighted by Gasteiger charge is 2.03. The van der Waals surface area contributed by atoms with Gasteiger partial charge in [0.05, 0.1) is 36.3 Å². The number of carbonyl (C=O) groups excluding carboxylic acids is 1. The lowest BCUT2D eigenvalue weighted by Crippen LogP contribution is -2.28. The summed E-state index contributed by atoms with van der Waals surface area (Å²) in [4.78, 5) is 11.5. The minimum atomic E-state index is -0.0889. The third-order valence-corrected chi connectivity index (χ3v) is 3.14. The Morgan fingerprint density at radius 2 is 2.05 bits per heavy atom. The van der Waals surface area contributed by atoms with Gasteiger partial charge in [0.2, 0.25) is 5.91 Å². The largest absolute Gasteiger partial charge is 0.493 e. The van der Waals surface area contributed by atoms with E-state index in [1.807, 2.05) is 6.92 Å². The van der Waals surface area contributed by atoms with Crippen LogP contribution in [0.25, 0.3) is 0 Å². The van der Waals surface area contributed by atoms with Crippen LogP contribution in [0.3, 0.4) is 0 Å². The number of hydrogen-bond donors (Lipinski definition) is 1. The van der Waals surface area contributed by atoms with Gasteiger partial charge in [0.15, 0.2) is 0 Å². The Morgan fingerprint density at radius 1 is 1.29 bits per heavy atom. The second-order valence-electron chi connectivity index (χ2n) is 4.53. The average Bonchev–Trinajstić information content (AvgIpc) is 2.42. The van der Waals surface area contributed by atoms with Crippen LogP contribution in [0, 0.1) is 0 Å². The van der Waals surface area contributed by atoms with Crippen LogP contribution in [0.2, 0.25) is 10.0 Å². The molecule has 1 N–H and O–H groups in total. The van der Waals surface area contributed by atoms with E-state index in [-0.39, 0.29) is 18.9 Å². The first-order valence-electron chi connectivity index (χ1n) is 6.55. The number of amides is 1. The van der Waals surface area contributed by atoms with Gasteiger partial charge in [-0.1, -0.05) is 35.4 Å². The fraction of sp³-hybridized carbons (Fsp3) is 0.400. The molecule has 0 heterocycles. The van der Waals surface area contributed by atoms with Crippen molar-refractivity contribution in [3.63, 3.8) is 0 Å². The Hall–Kier alpha value is -1.23. The smallest absolute Gasteiger partial charge is 0.223 e. The molecule has 0 aliphatic heterocycles. The van der Waals surface area contributed by atoms with Gasteiger partial charge in [-0.15, -0.1) is 0 Å². The molecule has 1 amide bonds. The molecule has 0 bridgehead atoms. The van der Waals surface area contributed by atoms with Crippen molar-refractivity contribution in [1.29, 1.82) is 0 Å². The van der Waals surface area contributed by atoms with E-state index in [9.17, 15) is 4.79 Å². The number of ether oxygens (including phenoxy) is 2. The van der Waals surface area contributed by atoms with Gasteiger partial charge in [-0.05, 0) is 19.1 Å². The van der Waals surface area contributed by atoms with Crippen LogP contribution in [0.5, 0.6) is 5.75 Å². The van der Waals surface area contributed by atoms with E-state index in [1.54, 1.807) is 18.2 Å². The molecule has 0 aliphatic rings. The average molecular weight is 332 g/mol. The van der Waals surface area contributed by atoms with Crippen molar-refractivity contribution < 1.29 is 14.3 Å². The maximum Gasteiger partial charge on any atom is 0.223 e. The van der Waals surface area contributed by atoms with E-state index < -0.39 is 0 Å². The van der Waals surface area contributed by atoms with Crippen molar-refractivity contribution in [2.45, 2.75) is 13.3 Å². The molecule has 1 aromatic rings. The Balaban J connectivity index is 2.13. The summed E-state index contributed by atoms with van der Waals surface area (Å²) in [6.45, 7) is 7.33. The number of benzene rings is 1. The van der Waals surface area contributed by atoms with Gasteiger partial charge in [-0.2, -0.15) is 0 Å². The Kier molecular flexibility index (Phi) is 8.20. The molecule has 0 radical (unpaired) electrons. The van der Waals surface area contributed by atoms with Crippen molar-refractivity contribution in [3.05, 3.63) is 40.4 Å². The standard InChI is InChI=1S/C15H19Cl2NO3/c1-11(2)10-20-8-6-18-15(19)5-7-21-12-3-4-13(16)14(17)9-12/h3-4,9H,1,5-8,10H2,2H3,(H,18,19). The van der Waals surface area contributed by atoms with Crippen LogP contribution in [0.4, 0.5) is 0 Å². The van der Waals surface area contributed by atoms with E-state index in [1.165, 1.54) is 0 Å². The lowest BCUT2D eigenvalue weighted by molar-refractivity contribution is -0.121. The SMILES string of the molecule is C=C(C)COCCNC(=O)CCOc1ccc(Cl)c(Cl)c1. The van der Waals surface area contributed by atoms with E-state index in [0.29, 0.717) is 35.6 Å². The molecular weight excluding hydrogens is 313 g/mol. The number of hydrogen-bond acceptors (Lipinski definition) is 3. The zero-order valence-electron chi connectivity index (χ0n) is 12.0. The van der Waals surface area contributed by atoms with Crippen molar-refractivity contribution in [2.75, 3.05) is 26.4 Å². The number of halogens is 2. The fourth-order valence-corrected chi connectivity index (χ4v) is 1.71. The highest BCUT2D eigenvalue weighted by Crippen LogP contribution is 2.26. The van der Waals surface area contributed by atoms with Crippen LogP contribution in [-0.4, -0.2) is 32.3 Å². The predicted octanol–water partition coefficient (Wildman–Crippen LogP) is 3.47. The molecule has 0 saturated heterocycles. The molecule has 0 atom stereocenters. The molecule has 0 unspecified atom stereocenters. The lowest BCUT2D eigenvalue weighted by Gasteiger charge is -2.08. The summed E-state index contributed by atoms with van der Waals surface area (Å²) in [6.07, 6.45) is 0.265. The van der Waals surface area contributed by atoms with E-state index in [0.717, 1.165) is 5.57 Å². The summed E-state index contributed by atoms with van der Waals surface area (Å²) >= 11 is 11.7. The van der Waals surface area contributed by atoms with E-state index >= 15 is 0 Å². The Bertz CT molecular complexity index is 492. The second-order valence-corrected chi connectivity index (χ2v) is 5.35. The number of rotatable bonds is 9.